The molecule has 3 nitrogen and oxygen atoms in total. The van der Waals surface area contributed by atoms with Crippen LogP contribution in [0.15, 0.2) is 30.3 Å². The molecule has 0 aliphatic heterocycles. The normalized spacial score (nSPS) is 12.1. The first-order chi connectivity index (χ1) is 10.2. The summed E-state index contributed by atoms with van der Waals surface area (Å²) in [6, 6.07) is 7.42. The number of carbonyl (C=O) groups excluding carboxylic acids is 1. The van der Waals surface area contributed by atoms with E-state index in [1.54, 1.807) is 6.07 Å². The summed E-state index contributed by atoms with van der Waals surface area (Å²) in [6.45, 7) is 6.27. The van der Waals surface area contributed by atoms with Crippen LogP contribution in [0, 0.1) is 12.3 Å². The quantitative estimate of drug-likeness (QED) is 0.613. The lowest BCUT2D eigenvalue weighted by molar-refractivity contribution is -0.155. The van der Waals surface area contributed by atoms with Gasteiger partial charge in [0.05, 0.1) is 6.54 Å². The molecule has 1 rings (SSSR count). The third-order valence-corrected chi connectivity index (χ3v) is 3.08. The minimum Gasteiger partial charge on any atom is -0.459 e. The fraction of sp³-hybridized carbons (Fsp3) is 0.389. The number of terminal acetylenes is 1. The Morgan fingerprint density at radius 2 is 2.05 bits per heavy atom. The molecule has 0 saturated heterocycles. The average molecular weight is 320 g/mol. The number of benzene rings is 1. The van der Waals surface area contributed by atoms with Gasteiger partial charge in [-0.3, -0.25) is 9.69 Å². The minimum atomic E-state index is -0.477. The highest BCUT2D eigenvalue weighted by atomic mass is 35.5. The van der Waals surface area contributed by atoms with Gasteiger partial charge in [0.1, 0.15) is 5.60 Å². The second-order valence-electron chi connectivity index (χ2n) is 6.03. The number of allylic oxidation sites excluding steroid dienone is 1. The standard InChI is InChI=1S/C18H22ClNO2/c1-6-14(15-9-7-8-10-16(15)19)11-12-20(5)13-17(21)22-18(2,3)4/h1,7-11H,12-13H2,2-5H3. The Labute approximate surface area is 137 Å². The summed E-state index contributed by atoms with van der Waals surface area (Å²) in [4.78, 5) is 13.6. The van der Waals surface area contributed by atoms with Crippen LogP contribution in [0.3, 0.4) is 0 Å². The lowest BCUT2D eigenvalue weighted by Gasteiger charge is -2.22. The molecule has 4 heteroatoms. The van der Waals surface area contributed by atoms with E-state index in [1.165, 1.54) is 0 Å². The van der Waals surface area contributed by atoms with Gasteiger partial charge >= 0.3 is 5.97 Å². The number of esters is 1. The van der Waals surface area contributed by atoms with Gasteiger partial charge in [0.15, 0.2) is 0 Å². The Balaban J connectivity index is 2.68. The zero-order valence-electron chi connectivity index (χ0n) is 13.5. The highest BCUT2D eigenvalue weighted by Crippen LogP contribution is 2.22. The van der Waals surface area contributed by atoms with Crippen molar-refractivity contribution in [3.63, 3.8) is 0 Å². The van der Waals surface area contributed by atoms with Crippen molar-refractivity contribution in [1.82, 2.24) is 4.90 Å². The van der Waals surface area contributed by atoms with Gasteiger partial charge in [-0.25, -0.2) is 0 Å². The van der Waals surface area contributed by atoms with Gasteiger partial charge in [-0.05, 0) is 33.9 Å². The SMILES string of the molecule is C#CC(=CCN(C)CC(=O)OC(C)(C)C)c1ccccc1Cl. The van der Waals surface area contributed by atoms with E-state index in [-0.39, 0.29) is 12.5 Å². The molecule has 0 radical (unpaired) electrons. The number of hydrogen-bond donors (Lipinski definition) is 0. The number of hydrogen-bond acceptors (Lipinski definition) is 3. The minimum absolute atomic E-state index is 0.203. The van der Waals surface area contributed by atoms with Crippen LogP contribution in [-0.4, -0.2) is 36.6 Å². The highest BCUT2D eigenvalue weighted by Gasteiger charge is 2.17. The molecular weight excluding hydrogens is 298 g/mol. The van der Waals surface area contributed by atoms with Gasteiger partial charge in [0, 0.05) is 22.7 Å². The molecule has 0 fully saturated rings. The van der Waals surface area contributed by atoms with Crippen molar-refractivity contribution in [2.75, 3.05) is 20.1 Å². The number of rotatable bonds is 5. The molecule has 118 valence electrons. The Hall–Kier alpha value is -1.76. The second-order valence-corrected chi connectivity index (χ2v) is 6.43. The predicted molar refractivity (Wildman–Crippen MR) is 91.6 cm³/mol. The average Bonchev–Trinajstić information content (AvgIpc) is 2.38. The summed E-state index contributed by atoms with van der Waals surface area (Å²) in [5.74, 6) is 2.38. The van der Waals surface area contributed by atoms with E-state index in [0.29, 0.717) is 17.1 Å². The largest absolute Gasteiger partial charge is 0.459 e. The molecule has 0 heterocycles. The van der Waals surface area contributed by atoms with Crippen LogP contribution in [0.25, 0.3) is 5.57 Å². The first kappa shape index (κ1) is 18.3. The maximum atomic E-state index is 11.8. The maximum absolute atomic E-state index is 11.8. The molecule has 0 spiro atoms. The van der Waals surface area contributed by atoms with E-state index < -0.39 is 5.60 Å². The van der Waals surface area contributed by atoms with E-state index in [2.05, 4.69) is 5.92 Å². The second kappa shape index (κ2) is 8.03. The number of ether oxygens (including phenoxy) is 1. The van der Waals surface area contributed by atoms with E-state index in [0.717, 1.165) is 5.56 Å². The molecule has 0 aromatic heterocycles. The fourth-order valence-corrected chi connectivity index (χ4v) is 2.07. The van der Waals surface area contributed by atoms with Crippen molar-refractivity contribution in [3.05, 3.63) is 40.9 Å². The summed E-state index contributed by atoms with van der Waals surface area (Å²) in [5, 5.41) is 0.612. The van der Waals surface area contributed by atoms with Gasteiger partial charge < -0.3 is 4.74 Å². The molecule has 0 aliphatic carbocycles. The first-order valence-electron chi connectivity index (χ1n) is 7.05. The molecule has 0 atom stereocenters. The molecule has 0 saturated carbocycles. The van der Waals surface area contributed by atoms with Crippen molar-refractivity contribution in [3.8, 4) is 12.3 Å². The fourth-order valence-electron chi connectivity index (χ4n) is 1.83. The van der Waals surface area contributed by atoms with E-state index in [4.69, 9.17) is 22.8 Å². The number of nitrogens with zero attached hydrogens (tertiary/aromatic N) is 1. The monoisotopic (exact) mass is 319 g/mol. The smallest absolute Gasteiger partial charge is 0.320 e. The topological polar surface area (TPSA) is 29.5 Å². The Morgan fingerprint density at radius 1 is 1.41 bits per heavy atom. The molecular formula is C18H22ClNO2. The van der Waals surface area contributed by atoms with Crippen LogP contribution in [0.2, 0.25) is 5.02 Å². The number of carbonyl (C=O) groups is 1. The van der Waals surface area contributed by atoms with Crippen LogP contribution in [-0.2, 0) is 9.53 Å². The van der Waals surface area contributed by atoms with Gasteiger partial charge in [-0.15, -0.1) is 6.42 Å². The zero-order valence-corrected chi connectivity index (χ0v) is 14.3. The van der Waals surface area contributed by atoms with Gasteiger partial charge in [-0.1, -0.05) is 41.8 Å². The van der Waals surface area contributed by atoms with E-state index >= 15 is 0 Å². The Bertz CT molecular complexity index is 594. The van der Waals surface area contributed by atoms with Crippen molar-refractivity contribution < 1.29 is 9.53 Å². The molecule has 0 amide bonds. The Kier molecular flexibility index (Phi) is 6.67. The lowest BCUT2D eigenvalue weighted by Crippen LogP contribution is -2.32. The molecule has 0 bridgehead atoms. The predicted octanol–water partition coefficient (Wildman–Crippen LogP) is 3.63. The maximum Gasteiger partial charge on any atom is 0.320 e. The summed E-state index contributed by atoms with van der Waals surface area (Å²) >= 11 is 6.15. The third kappa shape index (κ3) is 6.34. The van der Waals surface area contributed by atoms with Crippen LogP contribution in [0.1, 0.15) is 26.3 Å². The summed E-state index contributed by atoms with van der Waals surface area (Å²) in [6.07, 6.45) is 7.44. The van der Waals surface area contributed by atoms with Gasteiger partial charge in [0.25, 0.3) is 0 Å². The number of likely N-dealkylation sites (N-methyl/N-ethyl adjacent to an activating group) is 1. The van der Waals surface area contributed by atoms with Crippen molar-refractivity contribution >= 4 is 23.1 Å². The van der Waals surface area contributed by atoms with E-state index in [9.17, 15) is 4.79 Å². The van der Waals surface area contributed by atoms with Crippen molar-refractivity contribution in [2.45, 2.75) is 26.4 Å². The third-order valence-electron chi connectivity index (χ3n) is 2.75. The summed E-state index contributed by atoms with van der Waals surface area (Å²) < 4.78 is 5.28. The molecule has 0 N–H and O–H groups in total. The lowest BCUT2D eigenvalue weighted by atomic mass is 10.1. The molecule has 0 aliphatic rings. The molecule has 1 aromatic carbocycles. The van der Waals surface area contributed by atoms with Crippen molar-refractivity contribution in [2.24, 2.45) is 0 Å². The van der Waals surface area contributed by atoms with Crippen molar-refractivity contribution in [1.29, 1.82) is 0 Å². The number of halogens is 1. The Morgan fingerprint density at radius 3 is 2.59 bits per heavy atom. The molecule has 22 heavy (non-hydrogen) atoms. The first-order valence-corrected chi connectivity index (χ1v) is 7.43. The van der Waals surface area contributed by atoms with Gasteiger partial charge in [0.2, 0.25) is 0 Å². The molecule has 1 aromatic rings. The highest BCUT2D eigenvalue weighted by molar-refractivity contribution is 6.32. The summed E-state index contributed by atoms with van der Waals surface area (Å²) in [5.41, 5.74) is 1.05. The summed E-state index contributed by atoms with van der Waals surface area (Å²) in [7, 11) is 1.83. The van der Waals surface area contributed by atoms with Crippen LogP contribution in [0.5, 0.6) is 0 Å². The van der Waals surface area contributed by atoms with Crippen LogP contribution < -0.4 is 0 Å². The molecule has 0 unspecified atom stereocenters. The van der Waals surface area contributed by atoms with Crippen LogP contribution in [0.4, 0.5) is 0 Å². The van der Waals surface area contributed by atoms with Gasteiger partial charge in [-0.2, -0.15) is 0 Å². The van der Waals surface area contributed by atoms with Crippen LogP contribution >= 0.6 is 11.6 Å². The zero-order chi connectivity index (χ0) is 16.8. The van der Waals surface area contributed by atoms with E-state index in [1.807, 2.05) is 57.0 Å².